The van der Waals surface area contributed by atoms with Gasteiger partial charge in [0.15, 0.2) is 0 Å². The van der Waals surface area contributed by atoms with Crippen molar-refractivity contribution in [3.8, 4) is 0 Å². The molecule has 1 heterocycles. The second-order valence-corrected chi connectivity index (χ2v) is 6.17. The van der Waals surface area contributed by atoms with E-state index in [0.29, 0.717) is 6.04 Å². The number of benzene rings is 1. The van der Waals surface area contributed by atoms with Crippen molar-refractivity contribution in [1.82, 2.24) is 4.90 Å². The molecule has 0 saturated carbocycles. The molecule has 1 aromatic rings. The van der Waals surface area contributed by atoms with Crippen LogP contribution in [0, 0.1) is 0 Å². The molecular formula is C15H23BrN2O. The fourth-order valence-electron chi connectivity index (χ4n) is 2.79. The second kappa shape index (κ2) is 6.73. The Morgan fingerprint density at radius 3 is 2.79 bits per heavy atom. The minimum absolute atomic E-state index is 0.0961. The normalized spacial score (nSPS) is 21.5. The fourth-order valence-corrected chi connectivity index (χ4v) is 3.45. The topological polar surface area (TPSA) is 26.7 Å². The molecule has 1 aliphatic rings. The maximum Gasteiger partial charge on any atom is 0.0682 e. The maximum absolute atomic E-state index is 9.20. The largest absolute Gasteiger partial charge is 0.392 e. The van der Waals surface area contributed by atoms with Gasteiger partial charge in [0.1, 0.15) is 0 Å². The Morgan fingerprint density at radius 1 is 1.37 bits per heavy atom. The van der Waals surface area contributed by atoms with Crippen LogP contribution in [-0.2, 0) is 6.61 Å². The minimum atomic E-state index is 0.0961. The van der Waals surface area contributed by atoms with Gasteiger partial charge in [0.2, 0.25) is 0 Å². The van der Waals surface area contributed by atoms with E-state index in [1.165, 1.54) is 18.7 Å². The van der Waals surface area contributed by atoms with Crippen LogP contribution in [-0.4, -0.2) is 42.7 Å². The lowest BCUT2D eigenvalue weighted by Gasteiger charge is -2.33. The summed E-state index contributed by atoms with van der Waals surface area (Å²) in [5.41, 5.74) is 2.20. The monoisotopic (exact) mass is 326 g/mol. The van der Waals surface area contributed by atoms with Crippen LogP contribution in [0.5, 0.6) is 0 Å². The Labute approximate surface area is 124 Å². The first-order chi connectivity index (χ1) is 9.15. The zero-order valence-electron chi connectivity index (χ0n) is 11.8. The third kappa shape index (κ3) is 3.50. The smallest absolute Gasteiger partial charge is 0.0682 e. The molecule has 4 heteroatoms. The molecule has 3 nitrogen and oxygen atoms in total. The molecule has 106 valence electrons. The van der Waals surface area contributed by atoms with Crippen LogP contribution in [0.15, 0.2) is 22.7 Å². The minimum Gasteiger partial charge on any atom is -0.392 e. The molecule has 1 saturated heterocycles. The van der Waals surface area contributed by atoms with Crippen molar-refractivity contribution in [3.63, 3.8) is 0 Å². The van der Waals surface area contributed by atoms with Gasteiger partial charge in [0.05, 0.1) is 12.3 Å². The predicted octanol–water partition coefficient (Wildman–Crippen LogP) is 2.86. The van der Waals surface area contributed by atoms with E-state index in [1.807, 2.05) is 12.1 Å². The third-order valence-corrected chi connectivity index (χ3v) is 4.51. The van der Waals surface area contributed by atoms with Crippen LogP contribution in [0.25, 0.3) is 0 Å². The number of nitrogens with zero attached hydrogens (tertiary/aromatic N) is 2. The third-order valence-electron chi connectivity index (χ3n) is 3.88. The summed E-state index contributed by atoms with van der Waals surface area (Å²) in [4.78, 5) is 4.93. The van der Waals surface area contributed by atoms with E-state index in [1.54, 1.807) is 0 Å². The number of hydrogen-bond acceptors (Lipinski definition) is 3. The lowest BCUT2D eigenvalue weighted by molar-refractivity contribution is 0.282. The van der Waals surface area contributed by atoms with Crippen LogP contribution in [0.3, 0.4) is 0 Å². The van der Waals surface area contributed by atoms with E-state index >= 15 is 0 Å². The van der Waals surface area contributed by atoms with Gasteiger partial charge in [-0.25, -0.2) is 0 Å². The Bertz CT molecular complexity index is 425. The van der Waals surface area contributed by atoms with Crippen LogP contribution < -0.4 is 4.90 Å². The first-order valence-electron chi connectivity index (χ1n) is 7.00. The molecule has 1 fully saturated rings. The zero-order valence-corrected chi connectivity index (χ0v) is 13.4. The number of hydrogen-bond donors (Lipinski definition) is 1. The summed E-state index contributed by atoms with van der Waals surface area (Å²) >= 11 is 3.65. The number of rotatable bonds is 3. The molecule has 0 aromatic heterocycles. The highest BCUT2D eigenvalue weighted by atomic mass is 79.9. The van der Waals surface area contributed by atoms with Gasteiger partial charge in [-0.1, -0.05) is 13.0 Å². The van der Waals surface area contributed by atoms with Crippen LogP contribution in [0.4, 0.5) is 5.69 Å². The standard InChI is InChI=1S/C15H23BrN2O/c1-3-13-10-17(2)7-4-8-18(13)15-6-5-12(11-19)9-14(15)16/h5-6,9,13,19H,3-4,7-8,10-11H2,1-2H3. The second-order valence-electron chi connectivity index (χ2n) is 5.32. The molecule has 1 aromatic carbocycles. The quantitative estimate of drug-likeness (QED) is 0.925. The molecule has 0 bridgehead atoms. The Balaban J connectivity index is 2.27. The van der Waals surface area contributed by atoms with Crippen LogP contribution in [0.2, 0.25) is 0 Å². The number of aliphatic hydroxyl groups excluding tert-OH is 1. The number of halogens is 1. The van der Waals surface area contributed by atoms with Gasteiger partial charge in [-0.05, 0) is 60.1 Å². The van der Waals surface area contributed by atoms with Gasteiger partial charge in [-0.15, -0.1) is 0 Å². The average molecular weight is 327 g/mol. The van der Waals surface area contributed by atoms with Gasteiger partial charge in [0.25, 0.3) is 0 Å². The van der Waals surface area contributed by atoms with E-state index in [9.17, 15) is 5.11 Å². The van der Waals surface area contributed by atoms with E-state index < -0.39 is 0 Å². The summed E-state index contributed by atoms with van der Waals surface area (Å²) in [6, 6.07) is 6.73. The van der Waals surface area contributed by atoms with Crippen molar-refractivity contribution in [3.05, 3.63) is 28.2 Å². The first kappa shape index (κ1) is 14.8. The number of aliphatic hydroxyl groups is 1. The Kier molecular flexibility index (Phi) is 5.25. The summed E-state index contributed by atoms with van der Waals surface area (Å²) in [5.74, 6) is 0. The predicted molar refractivity (Wildman–Crippen MR) is 83.6 cm³/mol. The van der Waals surface area contributed by atoms with Crippen molar-refractivity contribution in [2.24, 2.45) is 0 Å². The molecule has 1 aliphatic heterocycles. The summed E-state index contributed by atoms with van der Waals surface area (Å²) in [6.07, 6.45) is 2.35. The highest BCUT2D eigenvalue weighted by Crippen LogP contribution is 2.30. The molecule has 1 atom stereocenters. The zero-order chi connectivity index (χ0) is 13.8. The summed E-state index contributed by atoms with van der Waals surface area (Å²) < 4.78 is 1.09. The summed E-state index contributed by atoms with van der Waals surface area (Å²) in [6.45, 7) is 5.73. The lowest BCUT2D eigenvalue weighted by atomic mass is 10.1. The van der Waals surface area contributed by atoms with Gasteiger partial charge in [-0.3, -0.25) is 0 Å². The van der Waals surface area contributed by atoms with E-state index in [-0.39, 0.29) is 6.61 Å². The first-order valence-corrected chi connectivity index (χ1v) is 7.79. The summed E-state index contributed by atoms with van der Waals surface area (Å²) in [7, 11) is 2.20. The molecule has 2 rings (SSSR count). The lowest BCUT2D eigenvalue weighted by Crippen LogP contribution is -2.40. The van der Waals surface area contributed by atoms with Crippen molar-refractivity contribution in [2.75, 3.05) is 31.6 Å². The molecule has 0 amide bonds. The highest BCUT2D eigenvalue weighted by molar-refractivity contribution is 9.10. The van der Waals surface area contributed by atoms with Crippen LogP contribution in [0.1, 0.15) is 25.3 Å². The number of likely N-dealkylation sites (N-methyl/N-ethyl adjacent to an activating group) is 1. The molecule has 1 unspecified atom stereocenters. The molecule has 0 spiro atoms. The SMILES string of the molecule is CCC1CN(C)CCCN1c1ccc(CO)cc1Br. The van der Waals surface area contributed by atoms with E-state index in [2.05, 4.69) is 45.8 Å². The molecule has 0 radical (unpaired) electrons. The Hall–Kier alpha value is -0.580. The Morgan fingerprint density at radius 2 is 2.16 bits per heavy atom. The van der Waals surface area contributed by atoms with Crippen LogP contribution >= 0.6 is 15.9 Å². The molecule has 1 N–H and O–H groups in total. The molecule has 19 heavy (non-hydrogen) atoms. The van der Waals surface area contributed by atoms with Gasteiger partial charge >= 0.3 is 0 Å². The highest BCUT2D eigenvalue weighted by Gasteiger charge is 2.23. The van der Waals surface area contributed by atoms with Crippen molar-refractivity contribution in [1.29, 1.82) is 0 Å². The van der Waals surface area contributed by atoms with Gasteiger partial charge < -0.3 is 14.9 Å². The van der Waals surface area contributed by atoms with Gasteiger partial charge in [0, 0.05) is 23.6 Å². The average Bonchev–Trinajstić information content (AvgIpc) is 2.60. The van der Waals surface area contributed by atoms with Crippen molar-refractivity contribution < 1.29 is 5.11 Å². The number of anilines is 1. The molecular weight excluding hydrogens is 304 g/mol. The van der Waals surface area contributed by atoms with E-state index in [0.717, 1.165) is 29.5 Å². The van der Waals surface area contributed by atoms with E-state index in [4.69, 9.17) is 0 Å². The fraction of sp³-hybridized carbons (Fsp3) is 0.600. The van der Waals surface area contributed by atoms with Crippen molar-refractivity contribution >= 4 is 21.6 Å². The maximum atomic E-state index is 9.20. The summed E-state index contributed by atoms with van der Waals surface area (Å²) in [5, 5.41) is 9.20. The van der Waals surface area contributed by atoms with Crippen molar-refractivity contribution in [2.45, 2.75) is 32.4 Å². The molecule has 0 aliphatic carbocycles. The van der Waals surface area contributed by atoms with Gasteiger partial charge in [-0.2, -0.15) is 0 Å².